The van der Waals surface area contributed by atoms with Gasteiger partial charge < -0.3 is 11.1 Å². The lowest BCUT2D eigenvalue weighted by molar-refractivity contribution is 0.102. The predicted molar refractivity (Wildman–Crippen MR) is 77.8 cm³/mol. The number of rotatable bonds is 2. The Morgan fingerprint density at radius 3 is 2.43 bits per heavy atom. The molecule has 0 fully saturated rings. The third kappa shape index (κ3) is 3.30. The normalized spacial score (nSPS) is 10.5. The molecule has 0 aliphatic carbocycles. The molecule has 8 heteroatoms. The van der Waals surface area contributed by atoms with Crippen molar-refractivity contribution in [2.75, 3.05) is 11.1 Å². The van der Waals surface area contributed by atoms with E-state index in [2.05, 4.69) is 21.2 Å². The fraction of sp³-hybridized carbons (Fsp3) is 0. The fourth-order valence-corrected chi connectivity index (χ4v) is 2.48. The van der Waals surface area contributed by atoms with Gasteiger partial charge in [-0.3, -0.25) is 4.79 Å². The Hall–Kier alpha value is -1.73. The molecule has 0 aliphatic rings. The van der Waals surface area contributed by atoms with Crippen LogP contribution in [0.2, 0.25) is 5.02 Å². The Morgan fingerprint density at radius 2 is 1.81 bits per heavy atom. The summed E-state index contributed by atoms with van der Waals surface area (Å²) >= 11 is 8.83. The Morgan fingerprint density at radius 1 is 1.14 bits per heavy atom. The molecule has 0 saturated heterocycles. The van der Waals surface area contributed by atoms with Gasteiger partial charge in [0.25, 0.3) is 5.91 Å². The zero-order valence-corrected chi connectivity index (χ0v) is 12.5. The van der Waals surface area contributed by atoms with Crippen molar-refractivity contribution in [3.8, 4) is 0 Å². The SMILES string of the molecule is Nc1cc(C(=O)Nc2c(Cl)cc(F)cc2Br)c(F)cc1F. The molecular formula is C13H7BrClF3N2O. The lowest BCUT2D eigenvalue weighted by atomic mass is 10.1. The maximum Gasteiger partial charge on any atom is 0.258 e. The van der Waals surface area contributed by atoms with Crippen LogP contribution in [0.15, 0.2) is 28.7 Å². The second-order valence-electron chi connectivity index (χ2n) is 4.05. The first kappa shape index (κ1) is 15.7. The van der Waals surface area contributed by atoms with E-state index in [1.807, 2.05) is 0 Å². The van der Waals surface area contributed by atoms with Crippen molar-refractivity contribution in [2.24, 2.45) is 0 Å². The molecule has 0 aromatic heterocycles. The Kier molecular flexibility index (Phi) is 4.43. The van der Waals surface area contributed by atoms with Crippen LogP contribution >= 0.6 is 27.5 Å². The molecular weight excluding hydrogens is 373 g/mol. The van der Waals surface area contributed by atoms with Gasteiger partial charge in [-0.1, -0.05) is 11.6 Å². The summed E-state index contributed by atoms with van der Waals surface area (Å²) in [7, 11) is 0. The van der Waals surface area contributed by atoms with Gasteiger partial charge in [-0.15, -0.1) is 0 Å². The van der Waals surface area contributed by atoms with Crippen molar-refractivity contribution in [1.29, 1.82) is 0 Å². The number of nitrogens with one attached hydrogen (secondary N) is 1. The summed E-state index contributed by atoms with van der Waals surface area (Å²) in [5.74, 6) is -3.55. The molecule has 21 heavy (non-hydrogen) atoms. The Bertz CT molecular complexity index is 717. The van der Waals surface area contributed by atoms with Crippen molar-refractivity contribution in [2.45, 2.75) is 0 Å². The molecule has 1 amide bonds. The van der Waals surface area contributed by atoms with Crippen LogP contribution < -0.4 is 11.1 Å². The van der Waals surface area contributed by atoms with Crippen molar-refractivity contribution in [3.63, 3.8) is 0 Å². The summed E-state index contributed by atoms with van der Waals surface area (Å²) in [5, 5.41) is 2.23. The summed E-state index contributed by atoms with van der Waals surface area (Å²) in [6.45, 7) is 0. The number of carbonyl (C=O) groups excluding carboxylic acids is 1. The van der Waals surface area contributed by atoms with Crippen LogP contribution in [0.5, 0.6) is 0 Å². The third-order valence-corrected chi connectivity index (χ3v) is 3.50. The van der Waals surface area contributed by atoms with Gasteiger partial charge in [0.1, 0.15) is 17.5 Å². The van der Waals surface area contributed by atoms with E-state index in [1.54, 1.807) is 0 Å². The fourth-order valence-electron chi connectivity index (χ4n) is 1.58. The molecule has 0 spiro atoms. The molecule has 2 aromatic carbocycles. The number of hydrogen-bond acceptors (Lipinski definition) is 2. The van der Waals surface area contributed by atoms with Gasteiger partial charge >= 0.3 is 0 Å². The first-order valence-corrected chi connectivity index (χ1v) is 6.67. The van der Waals surface area contributed by atoms with Crippen LogP contribution in [-0.4, -0.2) is 5.91 Å². The van der Waals surface area contributed by atoms with Crippen LogP contribution in [0.4, 0.5) is 24.5 Å². The minimum Gasteiger partial charge on any atom is -0.396 e. The predicted octanol–water partition coefficient (Wildman–Crippen LogP) is 4.35. The molecule has 2 rings (SSSR count). The van der Waals surface area contributed by atoms with E-state index in [-0.39, 0.29) is 20.9 Å². The average molecular weight is 380 g/mol. The highest BCUT2D eigenvalue weighted by atomic mass is 79.9. The van der Waals surface area contributed by atoms with Crippen molar-refractivity contribution in [1.82, 2.24) is 0 Å². The van der Waals surface area contributed by atoms with Gasteiger partial charge in [-0.25, -0.2) is 13.2 Å². The maximum atomic E-state index is 13.6. The molecule has 2 aromatic rings. The van der Waals surface area contributed by atoms with Crippen LogP contribution in [-0.2, 0) is 0 Å². The highest BCUT2D eigenvalue weighted by molar-refractivity contribution is 9.10. The maximum absolute atomic E-state index is 13.6. The van der Waals surface area contributed by atoms with E-state index in [1.165, 1.54) is 0 Å². The summed E-state index contributed by atoms with van der Waals surface area (Å²) in [6, 6.07) is 3.44. The smallest absolute Gasteiger partial charge is 0.258 e. The van der Waals surface area contributed by atoms with E-state index in [9.17, 15) is 18.0 Å². The zero-order valence-electron chi connectivity index (χ0n) is 10.2. The molecule has 0 unspecified atom stereocenters. The van der Waals surface area contributed by atoms with Gasteiger partial charge in [-0.2, -0.15) is 0 Å². The lowest BCUT2D eigenvalue weighted by Crippen LogP contribution is -2.15. The van der Waals surface area contributed by atoms with Gasteiger partial charge in [0.15, 0.2) is 0 Å². The topological polar surface area (TPSA) is 55.1 Å². The van der Waals surface area contributed by atoms with E-state index < -0.39 is 28.9 Å². The van der Waals surface area contributed by atoms with E-state index in [0.29, 0.717) is 6.07 Å². The van der Waals surface area contributed by atoms with E-state index in [4.69, 9.17) is 17.3 Å². The molecule has 0 saturated carbocycles. The molecule has 0 heterocycles. The molecule has 0 radical (unpaired) electrons. The molecule has 110 valence electrons. The number of carbonyl (C=O) groups is 1. The molecule has 0 aliphatic heterocycles. The number of nitrogens with two attached hydrogens (primary N) is 1. The summed E-state index contributed by atoms with van der Waals surface area (Å²) < 4.78 is 39.9. The average Bonchev–Trinajstić information content (AvgIpc) is 2.37. The standard InChI is InChI=1S/C13H7BrClF3N2O/c14-7-1-5(16)2-8(15)12(7)20-13(21)6-3-11(19)10(18)4-9(6)17/h1-4H,19H2,(H,20,21). The lowest BCUT2D eigenvalue weighted by Gasteiger charge is -2.11. The minimum absolute atomic E-state index is 0.0605. The minimum atomic E-state index is -1.08. The third-order valence-electron chi connectivity index (χ3n) is 2.58. The zero-order chi connectivity index (χ0) is 15.7. The first-order chi connectivity index (χ1) is 9.79. The molecule has 3 nitrogen and oxygen atoms in total. The van der Waals surface area contributed by atoms with Crippen LogP contribution in [0, 0.1) is 17.5 Å². The summed E-state index contributed by atoms with van der Waals surface area (Å²) in [5.41, 5.74) is 4.53. The van der Waals surface area contributed by atoms with Gasteiger partial charge in [0.2, 0.25) is 0 Å². The summed E-state index contributed by atoms with van der Waals surface area (Å²) in [6.07, 6.45) is 0. The van der Waals surface area contributed by atoms with Crippen LogP contribution in [0.1, 0.15) is 10.4 Å². The largest absolute Gasteiger partial charge is 0.396 e. The number of benzene rings is 2. The number of nitrogen functional groups attached to an aromatic ring is 1. The monoisotopic (exact) mass is 378 g/mol. The van der Waals surface area contributed by atoms with E-state index in [0.717, 1.165) is 18.2 Å². The number of amides is 1. The van der Waals surface area contributed by atoms with Crippen molar-refractivity contribution < 1.29 is 18.0 Å². The van der Waals surface area contributed by atoms with Gasteiger partial charge in [-0.05, 0) is 34.1 Å². The van der Waals surface area contributed by atoms with Crippen molar-refractivity contribution in [3.05, 3.63) is 56.8 Å². The number of halogens is 5. The number of anilines is 2. The Balaban J connectivity index is 2.37. The van der Waals surface area contributed by atoms with Gasteiger partial charge in [0.05, 0.1) is 22.0 Å². The summed E-state index contributed by atoms with van der Waals surface area (Å²) in [4.78, 5) is 12.0. The second kappa shape index (κ2) is 5.95. The number of hydrogen-bond donors (Lipinski definition) is 2. The second-order valence-corrected chi connectivity index (χ2v) is 5.31. The van der Waals surface area contributed by atoms with Crippen LogP contribution in [0.25, 0.3) is 0 Å². The quantitative estimate of drug-likeness (QED) is 0.762. The molecule has 3 N–H and O–H groups in total. The highest BCUT2D eigenvalue weighted by Crippen LogP contribution is 2.32. The van der Waals surface area contributed by atoms with E-state index >= 15 is 0 Å². The van der Waals surface area contributed by atoms with Crippen molar-refractivity contribution >= 4 is 44.8 Å². The highest BCUT2D eigenvalue weighted by Gasteiger charge is 2.18. The van der Waals surface area contributed by atoms with Crippen LogP contribution in [0.3, 0.4) is 0 Å². The first-order valence-electron chi connectivity index (χ1n) is 5.50. The molecule has 0 atom stereocenters. The Labute approximate surface area is 131 Å². The van der Waals surface area contributed by atoms with Gasteiger partial charge in [0, 0.05) is 10.5 Å². The molecule has 0 bridgehead atoms.